The Morgan fingerprint density at radius 2 is 2.07 bits per heavy atom. The first-order valence-corrected chi connectivity index (χ1v) is 4.16. The molecule has 0 saturated carbocycles. The van der Waals surface area contributed by atoms with Crippen molar-refractivity contribution in [1.29, 1.82) is 0 Å². The summed E-state index contributed by atoms with van der Waals surface area (Å²) in [6.07, 6.45) is 0. The average Bonchev–Trinajstić information content (AvgIpc) is 2.10. The molecular weight excluding hydrogens is 218 g/mol. The molecule has 0 heterocycles. The third-order valence-electron chi connectivity index (χ3n) is 1.76. The van der Waals surface area contributed by atoms with Gasteiger partial charge in [0.25, 0.3) is 0 Å². The first kappa shape index (κ1) is 13.5. The molecule has 15 heavy (non-hydrogen) atoms. The normalized spacial score (nSPS) is 9.33. The molecule has 0 atom stereocenters. The van der Waals surface area contributed by atoms with Crippen molar-refractivity contribution in [2.45, 2.75) is 6.54 Å². The van der Waals surface area contributed by atoms with Crippen LogP contribution in [0.4, 0.5) is 11.4 Å². The zero-order chi connectivity index (χ0) is 10.6. The van der Waals surface area contributed by atoms with Crippen LogP contribution in [0.2, 0.25) is 0 Å². The third-order valence-corrected chi connectivity index (χ3v) is 1.76. The number of halogens is 1. The Hall–Kier alpha value is -1.46. The van der Waals surface area contributed by atoms with Crippen LogP contribution in [0.3, 0.4) is 0 Å². The van der Waals surface area contributed by atoms with Crippen molar-refractivity contribution in [1.82, 2.24) is 5.32 Å². The molecule has 0 spiro atoms. The fourth-order valence-corrected chi connectivity index (χ4v) is 1.08. The fraction of sp³-hybridized carbons (Fsp3) is 0.222. The third kappa shape index (κ3) is 4.53. The average molecular weight is 232 g/mol. The van der Waals surface area contributed by atoms with Gasteiger partial charge < -0.3 is 21.9 Å². The van der Waals surface area contributed by atoms with Crippen molar-refractivity contribution >= 4 is 29.8 Å². The van der Waals surface area contributed by atoms with Crippen molar-refractivity contribution in [2.24, 2.45) is 0 Å². The molecule has 1 aromatic rings. The van der Waals surface area contributed by atoms with Crippen LogP contribution in [0.15, 0.2) is 18.2 Å². The highest BCUT2D eigenvalue weighted by Crippen LogP contribution is 2.14. The SMILES string of the molecule is Cl.Nc1ccc(N)c(CNCC(=O)O)c1. The van der Waals surface area contributed by atoms with Gasteiger partial charge in [0.2, 0.25) is 0 Å². The molecule has 6 heteroatoms. The molecule has 0 unspecified atom stereocenters. The van der Waals surface area contributed by atoms with E-state index in [0.717, 1.165) is 5.56 Å². The summed E-state index contributed by atoms with van der Waals surface area (Å²) >= 11 is 0. The summed E-state index contributed by atoms with van der Waals surface area (Å²) in [5, 5.41) is 11.1. The molecule has 5 nitrogen and oxygen atoms in total. The van der Waals surface area contributed by atoms with Crippen molar-refractivity contribution in [2.75, 3.05) is 18.0 Å². The number of anilines is 2. The molecule has 1 aromatic carbocycles. The van der Waals surface area contributed by atoms with E-state index >= 15 is 0 Å². The number of nitrogens with two attached hydrogens (primary N) is 2. The summed E-state index contributed by atoms with van der Waals surface area (Å²) < 4.78 is 0. The minimum absolute atomic E-state index is 0. The molecule has 0 aliphatic carbocycles. The van der Waals surface area contributed by atoms with E-state index in [1.807, 2.05) is 0 Å². The zero-order valence-electron chi connectivity index (χ0n) is 8.06. The molecule has 0 aromatic heterocycles. The van der Waals surface area contributed by atoms with Gasteiger partial charge in [0, 0.05) is 17.9 Å². The number of carboxylic acids is 1. The Morgan fingerprint density at radius 1 is 1.40 bits per heavy atom. The van der Waals surface area contributed by atoms with Crippen LogP contribution in [-0.2, 0) is 11.3 Å². The van der Waals surface area contributed by atoms with Gasteiger partial charge in [0.15, 0.2) is 0 Å². The van der Waals surface area contributed by atoms with Gasteiger partial charge >= 0.3 is 5.97 Å². The summed E-state index contributed by atoms with van der Waals surface area (Å²) in [5.74, 6) is -0.896. The molecule has 0 bridgehead atoms. The molecule has 0 fully saturated rings. The summed E-state index contributed by atoms with van der Waals surface area (Å²) in [4.78, 5) is 10.2. The maximum absolute atomic E-state index is 10.2. The Kier molecular flexibility index (Phi) is 5.51. The van der Waals surface area contributed by atoms with Crippen LogP contribution >= 0.6 is 12.4 Å². The number of nitrogen functional groups attached to an aromatic ring is 2. The van der Waals surface area contributed by atoms with E-state index in [2.05, 4.69) is 5.32 Å². The first-order valence-electron chi connectivity index (χ1n) is 4.16. The number of aliphatic carboxylic acids is 1. The number of carboxylic acid groups (broad SMARTS) is 1. The van der Waals surface area contributed by atoms with Gasteiger partial charge in [0.05, 0.1) is 6.54 Å². The zero-order valence-corrected chi connectivity index (χ0v) is 8.88. The van der Waals surface area contributed by atoms with Gasteiger partial charge in [-0.3, -0.25) is 4.79 Å². The standard InChI is InChI=1S/C9H13N3O2.ClH/c10-7-1-2-8(11)6(3-7)4-12-5-9(13)14;/h1-3,12H,4-5,10-11H2,(H,13,14);1H. The fourth-order valence-electron chi connectivity index (χ4n) is 1.08. The highest BCUT2D eigenvalue weighted by molar-refractivity contribution is 5.85. The molecule has 1 rings (SSSR count). The van der Waals surface area contributed by atoms with Crippen LogP contribution in [-0.4, -0.2) is 17.6 Å². The lowest BCUT2D eigenvalue weighted by atomic mass is 10.1. The van der Waals surface area contributed by atoms with Gasteiger partial charge in [-0.2, -0.15) is 0 Å². The molecule has 0 aliphatic heterocycles. The maximum atomic E-state index is 10.2. The molecule has 0 aliphatic rings. The molecule has 6 N–H and O–H groups in total. The molecule has 0 radical (unpaired) electrons. The summed E-state index contributed by atoms with van der Waals surface area (Å²) in [5.41, 5.74) is 13.3. The van der Waals surface area contributed by atoms with E-state index in [0.29, 0.717) is 17.9 Å². The molecule has 84 valence electrons. The second-order valence-electron chi connectivity index (χ2n) is 2.96. The van der Waals surface area contributed by atoms with E-state index in [4.69, 9.17) is 16.6 Å². The lowest BCUT2D eigenvalue weighted by molar-refractivity contribution is -0.135. The van der Waals surface area contributed by atoms with Crippen molar-refractivity contribution in [3.8, 4) is 0 Å². The highest BCUT2D eigenvalue weighted by Gasteiger charge is 2.00. The highest BCUT2D eigenvalue weighted by atomic mass is 35.5. The predicted molar refractivity (Wildman–Crippen MR) is 61.9 cm³/mol. The summed E-state index contributed by atoms with van der Waals surface area (Å²) in [7, 11) is 0. The number of nitrogens with one attached hydrogen (secondary N) is 1. The predicted octanol–water partition coefficient (Wildman–Crippen LogP) is 0.447. The van der Waals surface area contributed by atoms with Crippen molar-refractivity contribution < 1.29 is 9.90 Å². The monoisotopic (exact) mass is 231 g/mol. The minimum Gasteiger partial charge on any atom is -0.480 e. The number of carbonyl (C=O) groups is 1. The molecule has 0 amide bonds. The van der Waals surface area contributed by atoms with E-state index in [1.165, 1.54) is 0 Å². The Morgan fingerprint density at radius 3 is 2.67 bits per heavy atom. The topological polar surface area (TPSA) is 101 Å². The van der Waals surface area contributed by atoms with Crippen molar-refractivity contribution in [3.05, 3.63) is 23.8 Å². The number of hydrogen-bond acceptors (Lipinski definition) is 4. The number of hydrogen-bond donors (Lipinski definition) is 4. The van der Waals surface area contributed by atoms with E-state index in [1.54, 1.807) is 18.2 Å². The van der Waals surface area contributed by atoms with Gasteiger partial charge in [-0.1, -0.05) is 0 Å². The Balaban J connectivity index is 0.00000196. The first-order chi connectivity index (χ1) is 6.59. The van der Waals surface area contributed by atoms with Gasteiger partial charge in [-0.05, 0) is 23.8 Å². The van der Waals surface area contributed by atoms with Crippen LogP contribution in [0.5, 0.6) is 0 Å². The minimum atomic E-state index is -0.896. The van der Waals surface area contributed by atoms with E-state index in [9.17, 15) is 4.79 Å². The van der Waals surface area contributed by atoms with Crippen LogP contribution in [0.1, 0.15) is 5.56 Å². The van der Waals surface area contributed by atoms with Gasteiger partial charge in [-0.25, -0.2) is 0 Å². The maximum Gasteiger partial charge on any atom is 0.317 e. The largest absolute Gasteiger partial charge is 0.480 e. The number of benzene rings is 1. The van der Waals surface area contributed by atoms with Crippen LogP contribution in [0, 0.1) is 0 Å². The molecular formula is C9H14ClN3O2. The van der Waals surface area contributed by atoms with Crippen LogP contribution in [0.25, 0.3) is 0 Å². The van der Waals surface area contributed by atoms with Gasteiger partial charge in [0.1, 0.15) is 0 Å². The molecule has 0 saturated heterocycles. The van der Waals surface area contributed by atoms with Crippen LogP contribution < -0.4 is 16.8 Å². The van der Waals surface area contributed by atoms with E-state index < -0.39 is 5.97 Å². The van der Waals surface area contributed by atoms with Crippen molar-refractivity contribution in [3.63, 3.8) is 0 Å². The second kappa shape index (κ2) is 6.10. The second-order valence-corrected chi connectivity index (χ2v) is 2.96. The lowest BCUT2D eigenvalue weighted by Gasteiger charge is -2.06. The summed E-state index contributed by atoms with van der Waals surface area (Å²) in [6, 6.07) is 5.13. The summed E-state index contributed by atoms with van der Waals surface area (Å²) in [6.45, 7) is 0.317. The Bertz CT molecular complexity index is 344. The Labute approximate surface area is 93.9 Å². The smallest absolute Gasteiger partial charge is 0.317 e. The lowest BCUT2D eigenvalue weighted by Crippen LogP contribution is -2.22. The van der Waals surface area contributed by atoms with E-state index in [-0.39, 0.29) is 19.0 Å². The van der Waals surface area contributed by atoms with Gasteiger partial charge in [-0.15, -0.1) is 12.4 Å². The quantitative estimate of drug-likeness (QED) is 0.564. The number of rotatable bonds is 4.